The molecule has 0 saturated carbocycles. The number of rotatable bonds is 5. The van der Waals surface area contributed by atoms with E-state index in [-0.39, 0.29) is 7.43 Å². The van der Waals surface area contributed by atoms with Gasteiger partial charge in [0.15, 0.2) is 0 Å². The summed E-state index contributed by atoms with van der Waals surface area (Å²) < 4.78 is 5.28. The van der Waals surface area contributed by atoms with Gasteiger partial charge in [-0.15, -0.1) is 0 Å². The topological polar surface area (TPSA) is 21.3 Å². The highest BCUT2D eigenvalue weighted by Crippen LogP contribution is 1.88. The summed E-state index contributed by atoms with van der Waals surface area (Å²) >= 11 is 0. The van der Waals surface area contributed by atoms with E-state index in [0.717, 1.165) is 6.54 Å². The van der Waals surface area contributed by atoms with Gasteiger partial charge < -0.3 is 4.74 Å². The fraction of sp³-hybridized carbons (Fsp3) is 1.00. The molecule has 2 heteroatoms. The molecule has 0 aliphatic carbocycles. The second-order valence-electron chi connectivity index (χ2n) is 3.21. The molecule has 0 saturated heterocycles. The van der Waals surface area contributed by atoms with Crippen LogP contribution in [0.4, 0.5) is 0 Å². The lowest BCUT2D eigenvalue weighted by atomic mass is 10.2. The Morgan fingerprint density at radius 1 is 1.18 bits per heavy atom. The van der Waals surface area contributed by atoms with E-state index in [1.54, 1.807) is 0 Å². The lowest BCUT2D eigenvalue weighted by Crippen LogP contribution is -2.24. The van der Waals surface area contributed by atoms with Crippen molar-refractivity contribution in [3.63, 3.8) is 0 Å². The maximum atomic E-state index is 5.28. The molecule has 0 atom stereocenters. The Bertz CT molecular complexity index is 62.0. The highest BCUT2D eigenvalue weighted by molar-refractivity contribution is 4.46. The first-order valence-corrected chi connectivity index (χ1v) is 3.95. The maximum absolute atomic E-state index is 5.28. The summed E-state index contributed by atoms with van der Waals surface area (Å²) in [6, 6.07) is 0. The van der Waals surface area contributed by atoms with E-state index in [1.165, 1.54) is 0 Å². The van der Waals surface area contributed by atoms with E-state index in [0.29, 0.717) is 18.8 Å². The van der Waals surface area contributed by atoms with E-state index in [1.807, 2.05) is 13.8 Å². The van der Waals surface area contributed by atoms with Gasteiger partial charge in [0.05, 0.1) is 12.8 Å². The van der Waals surface area contributed by atoms with Crippen molar-refractivity contribution < 1.29 is 4.74 Å². The van der Waals surface area contributed by atoms with Gasteiger partial charge in [-0.25, -0.2) is 0 Å². The molecule has 0 rings (SSSR count). The summed E-state index contributed by atoms with van der Waals surface area (Å²) in [7, 11) is 0. The molecule has 0 aliphatic rings. The van der Waals surface area contributed by atoms with Crippen molar-refractivity contribution >= 4 is 0 Å². The predicted octanol–water partition coefficient (Wildman–Crippen LogP) is 2.25. The summed E-state index contributed by atoms with van der Waals surface area (Å²) in [5.41, 5.74) is 0. The normalized spacial score (nSPS) is 10.4. The van der Waals surface area contributed by atoms with Crippen molar-refractivity contribution in [3.8, 4) is 0 Å². The molecule has 11 heavy (non-hydrogen) atoms. The molecule has 0 bridgehead atoms. The smallest absolute Gasteiger partial charge is 0.0968 e. The Morgan fingerprint density at radius 3 is 2.09 bits per heavy atom. The first kappa shape index (κ1) is 13.5. The minimum absolute atomic E-state index is 0. The molecule has 0 amide bonds. The molecule has 0 aromatic rings. The Hall–Kier alpha value is -0.0800. The SMILES string of the molecule is C.CC(C)CNCOC(C)C. The second-order valence-corrected chi connectivity index (χ2v) is 3.21. The van der Waals surface area contributed by atoms with Crippen LogP contribution in [0.15, 0.2) is 0 Å². The third-order valence-corrected chi connectivity index (χ3v) is 1.07. The van der Waals surface area contributed by atoms with Crippen LogP contribution in [0.3, 0.4) is 0 Å². The minimum Gasteiger partial charge on any atom is -0.364 e. The molecule has 70 valence electrons. The standard InChI is InChI=1S/C8H19NO.CH4/c1-7(2)5-9-6-10-8(3)4;/h7-9H,5-6H2,1-4H3;1H4. The van der Waals surface area contributed by atoms with E-state index >= 15 is 0 Å². The van der Waals surface area contributed by atoms with Crippen molar-refractivity contribution in [3.05, 3.63) is 0 Å². The van der Waals surface area contributed by atoms with Gasteiger partial charge in [-0.3, -0.25) is 5.32 Å². The molecule has 1 N–H and O–H groups in total. The maximum Gasteiger partial charge on any atom is 0.0968 e. The summed E-state index contributed by atoms with van der Waals surface area (Å²) in [6.45, 7) is 10.2. The van der Waals surface area contributed by atoms with Crippen LogP contribution in [0.2, 0.25) is 0 Å². The fourth-order valence-electron chi connectivity index (χ4n) is 0.573. The Morgan fingerprint density at radius 2 is 1.73 bits per heavy atom. The monoisotopic (exact) mass is 161 g/mol. The quantitative estimate of drug-likeness (QED) is 0.493. The van der Waals surface area contributed by atoms with Gasteiger partial charge in [-0.05, 0) is 26.3 Å². The zero-order chi connectivity index (χ0) is 7.98. The second kappa shape index (κ2) is 8.02. The van der Waals surface area contributed by atoms with E-state index in [2.05, 4.69) is 19.2 Å². The lowest BCUT2D eigenvalue weighted by Gasteiger charge is -2.09. The van der Waals surface area contributed by atoms with Gasteiger partial charge >= 0.3 is 0 Å². The Kier molecular flexibility index (Phi) is 9.85. The van der Waals surface area contributed by atoms with Crippen LogP contribution in [0.25, 0.3) is 0 Å². The van der Waals surface area contributed by atoms with Crippen LogP contribution in [-0.4, -0.2) is 19.4 Å². The summed E-state index contributed by atoms with van der Waals surface area (Å²) in [4.78, 5) is 0. The third-order valence-electron chi connectivity index (χ3n) is 1.07. The predicted molar refractivity (Wildman–Crippen MR) is 50.7 cm³/mol. The number of hydrogen-bond acceptors (Lipinski definition) is 2. The molecule has 0 spiro atoms. The number of nitrogens with one attached hydrogen (secondary N) is 1. The molecule has 0 aromatic heterocycles. The van der Waals surface area contributed by atoms with Crippen LogP contribution >= 0.6 is 0 Å². The molecular weight excluding hydrogens is 138 g/mol. The molecule has 0 fully saturated rings. The fourth-order valence-corrected chi connectivity index (χ4v) is 0.573. The number of hydrogen-bond donors (Lipinski definition) is 1. The molecule has 0 heterocycles. The van der Waals surface area contributed by atoms with Crippen molar-refractivity contribution in [1.29, 1.82) is 0 Å². The highest BCUT2D eigenvalue weighted by Gasteiger charge is 1.93. The molecule has 0 unspecified atom stereocenters. The van der Waals surface area contributed by atoms with Gasteiger partial charge in [-0.1, -0.05) is 21.3 Å². The Labute approximate surface area is 71.3 Å². The third kappa shape index (κ3) is 13.0. The van der Waals surface area contributed by atoms with E-state index in [4.69, 9.17) is 4.74 Å². The van der Waals surface area contributed by atoms with E-state index in [9.17, 15) is 0 Å². The summed E-state index contributed by atoms with van der Waals surface area (Å²) in [5, 5.41) is 3.19. The van der Waals surface area contributed by atoms with Crippen LogP contribution in [0.5, 0.6) is 0 Å². The van der Waals surface area contributed by atoms with Gasteiger partial charge in [0.1, 0.15) is 0 Å². The van der Waals surface area contributed by atoms with E-state index < -0.39 is 0 Å². The van der Waals surface area contributed by atoms with Crippen LogP contribution in [0.1, 0.15) is 35.1 Å². The Balaban J connectivity index is 0. The average molecular weight is 161 g/mol. The van der Waals surface area contributed by atoms with Gasteiger partial charge in [0.25, 0.3) is 0 Å². The number of ether oxygens (including phenoxy) is 1. The molecule has 0 radical (unpaired) electrons. The van der Waals surface area contributed by atoms with Gasteiger partial charge in [-0.2, -0.15) is 0 Å². The van der Waals surface area contributed by atoms with Crippen LogP contribution in [0, 0.1) is 5.92 Å². The van der Waals surface area contributed by atoms with Crippen molar-refractivity contribution in [2.24, 2.45) is 5.92 Å². The zero-order valence-corrected chi connectivity index (χ0v) is 7.48. The first-order valence-electron chi connectivity index (χ1n) is 3.95. The molecular formula is C9H23NO. The molecule has 0 aromatic carbocycles. The van der Waals surface area contributed by atoms with Crippen molar-refractivity contribution in [1.82, 2.24) is 5.32 Å². The molecule has 0 aliphatic heterocycles. The zero-order valence-electron chi connectivity index (χ0n) is 7.48. The largest absolute Gasteiger partial charge is 0.364 e. The summed E-state index contributed by atoms with van der Waals surface area (Å²) in [6.07, 6.45) is 0.333. The highest BCUT2D eigenvalue weighted by atomic mass is 16.5. The first-order chi connectivity index (χ1) is 4.63. The minimum atomic E-state index is 0. The average Bonchev–Trinajstić information content (AvgIpc) is 1.79. The van der Waals surface area contributed by atoms with Gasteiger partial charge in [0.2, 0.25) is 0 Å². The van der Waals surface area contributed by atoms with Crippen molar-refractivity contribution in [2.45, 2.75) is 41.2 Å². The van der Waals surface area contributed by atoms with Crippen molar-refractivity contribution in [2.75, 3.05) is 13.3 Å². The van der Waals surface area contributed by atoms with Gasteiger partial charge in [0, 0.05) is 0 Å². The molecule has 2 nitrogen and oxygen atoms in total. The van der Waals surface area contributed by atoms with Crippen LogP contribution in [-0.2, 0) is 4.74 Å². The lowest BCUT2D eigenvalue weighted by molar-refractivity contribution is 0.0631. The summed E-state index contributed by atoms with van der Waals surface area (Å²) in [5.74, 6) is 0.704. The van der Waals surface area contributed by atoms with Crippen LogP contribution < -0.4 is 5.32 Å².